The molecule has 3 amide bonds. The van der Waals surface area contributed by atoms with E-state index >= 15 is 0 Å². The summed E-state index contributed by atoms with van der Waals surface area (Å²) in [6.45, 7) is 1.45. The van der Waals surface area contributed by atoms with Crippen molar-refractivity contribution in [3.63, 3.8) is 0 Å². The number of amides is 3. The molecular weight excluding hydrogens is 448 g/mol. The number of rotatable bonds is 5. The van der Waals surface area contributed by atoms with Gasteiger partial charge in [0.25, 0.3) is 5.91 Å². The maximum absolute atomic E-state index is 11.9. The van der Waals surface area contributed by atoms with E-state index in [1.165, 1.54) is 31.9 Å². The Morgan fingerprint density at radius 1 is 1.06 bits per heavy atom. The van der Waals surface area contributed by atoms with Crippen LogP contribution < -0.4 is 16.0 Å². The molecule has 1 saturated carbocycles. The Morgan fingerprint density at radius 3 is 2.03 bits per heavy atom. The Morgan fingerprint density at radius 2 is 1.60 bits per heavy atom. The molecule has 0 aromatic heterocycles. The molecule has 4 rings (SSSR count). The molecular formula is C26H30N4O5. The van der Waals surface area contributed by atoms with Crippen LogP contribution in [0.3, 0.4) is 0 Å². The van der Waals surface area contributed by atoms with E-state index in [9.17, 15) is 19.5 Å². The minimum Gasteiger partial charge on any atom is -0.478 e. The highest BCUT2D eigenvalue weighted by atomic mass is 16.4. The Hall–Kier alpha value is -3.74. The molecule has 1 aliphatic carbocycles. The molecule has 5 N–H and O–H groups in total. The number of carboxylic acids is 1. The second kappa shape index (κ2) is 11.1. The second-order valence-electron chi connectivity index (χ2n) is 8.98. The highest BCUT2D eigenvalue weighted by Gasteiger charge is 2.48. The number of carbonyl (C=O) groups excluding carboxylic acids is 2. The van der Waals surface area contributed by atoms with Crippen molar-refractivity contribution >= 4 is 17.9 Å². The molecule has 9 heteroatoms. The predicted octanol–water partition coefficient (Wildman–Crippen LogP) is 2.97. The van der Waals surface area contributed by atoms with Crippen LogP contribution in [0.25, 0.3) is 11.1 Å². The van der Waals surface area contributed by atoms with Crippen LogP contribution in [0.5, 0.6) is 0 Å². The SMILES string of the molecule is CC1(C(O)c2ccc(-c3ccc(C(=O)O)cc3)cc2)NC(=O)NC1=O.CNC1CCC(C#N)CC1. The first kappa shape index (κ1) is 25.9. The number of aromatic carboxylic acids is 1. The fourth-order valence-corrected chi connectivity index (χ4v) is 4.26. The monoisotopic (exact) mass is 478 g/mol. The quantitative estimate of drug-likeness (QED) is 0.414. The highest BCUT2D eigenvalue weighted by Crippen LogP contribution is 2.30. The molecule has 35 heavy (non-hydrogen) atoms. The Bertz CT molecular complexity index is 1100. The molecule has 184 valence electrons. The number of nitriles is 1. The van der Waals surface area contributed by atoms with Gasteiger partial charge in [0, 0.05) is 12.0 Å². The molecule has 0 radical (unpaired) electrons. The average molecular weight is 479 g/mol. The molecule has 9 nitrogen and oxygen atoms in total. The summed E-state index contributed by atoms with van der Waals surface area (Å²) in [6.07, 6.45) is 3.32. The van der Waals surface area contributed by atoms with Crippen LogP contribution in [0.15, 0.2) is 48.5 Å². The van der Waals surface area contributed by atoms with Gasteiger partial charge in [0.05, 0.1) is 11.6 Å². The first-order valence-electron chi connectivity index (χ1n) is 11.5. The molecule has 0 bridgehead atoms. The zero-order chi connectivity index (χ0) is 25.6. The molecule has 1 aliphatic heterocycles. The number of nitrogens with one attached hydrogen (secondary N) is 3. The summed E-state index contributed by atoms with van der Waals surface area (Å²) in [5.74, 6) is -1.24. The summed E-state index contributed by atoms with van der Waals surface area (Å²) >= 11 is 0. The number of hydrogen-bond donors (Lipinski definition) is 5. The number of aliphatic hydroxyl groups is 1. The number of aliphatic hydroxyl groups excluding tert-OH is 1. The maximum Gasteiger partial charge on any atom is 0.335 e. The van der Waals surface area contributed by atoms with Crippen molar-refractivity contribution in [2.75, 3.05) is 7.05 Å². The summed E-state index contributed by atoms with van der Waals surface area (Å²) in [4.78, 5) is 34.1. The van der Waals surface area contributed by atoms with Crippen molar-refractivity contribution in [1.29, 1.82) is 5.26 Å². The van der Waals surface area contributed by atoms with Crippen LogP contribution in [0.1, 0.15) is 54.6 Å². The van der Waals surface area contributed by atoms with Gasteiger partial charge in [0.1, 0.15) is 11.6 Å². The van der Waals surface area contributed by atoms with Gasteiger partial charge >= 0.3 is 12.0 Å². The Kier molecular flexibility index (Phi) is 8.22. The largest absolute Gasteiger partial charge is 0.478 e. The highest BCUT2D eigenvalue weighted by molar-refractivity contribution is 6.07. The second-order valence-corrected chi connectivity index (χ2v) is 8.98. The lowest BCUT2D eigenvalue weighted by atomic mass is 9.87. The third kappa shape index (κ3) is 6.04. The van der Waals surface area contributed by atoms with E-state index in [2.05, 4.69) is 22.0 Å². The van der Waals surface area contributed by atoms with Crippen molar-refractivity contribution in [3.8, 4) is 17.2 Å². The lowest BCUT2D eigenvalue weighted by molar-refractivity contribution is -0.127. The summed E-state index contributed by atoms with van der Waals surface area (Å²) in [5, 5.41) is 35.8. The Balaban J connectivity index is 0.000000287. The first-order valence-corrected chi connectivity index (χ1v) is 11.5. The van der Waals surface area contributed by atoms with Crippen molar-refractivity contribution < 1.29 is 24.6 Å². The van der Waals surface area contributed by atoms with Crippen LogP contribution in [-0.4, -0.2) is 46.7 Å². The first-order chi connectivity index (χ1) is 16.7. The predicted molar refractivity (Wildman–Crippen MR) is 129 cm³/mol. The van der Waals surface area contributed by atoms with Crippen LogP contribution in [0.2, 0.25) is 0 Å². The number of carboxylic acid groups (broad SMARTS) is 1. The molecule has 1 saturated heterocycles. The van der Waals surface area contributed by atoms with E-state index in [0.29, 0.717) is 17.5 Å². The molecule has 2 aromatic carbocycles. The van der Waals surface area contributed by atoms with Crippen LogP contribution in [0, 0.1) is 17.2 Å². The van der Waals surface area contributed by atoms with E-state index in [1.807, 2.05) is 7.05 Å². The summed E-state index contributed by atoms with van der Waals surface area (Å²) in [7, 11) is 2.00. The standard InChI is InChI=1S/C18H16N2O5.C8H14N2/c1-18(16(24)19-17(25)20-18)14(21)12-6-2-10(3-7-12)11-4-8-13(9-5-11)15(22)23;1-10-8-4-2-7(6-9)3-5-8/h2-9,14,21H,1H3,(H,22,23)(H2,19,20,24,25);7-8,10H,2-5H2,1H3. The third-order valence-corrected chi connectivity index (χ3v) is 6.63. The molecule has 2 fully saturated rings. The average Bonchev–Trinajstić information content (AvgIpc) is 3.15. The van der Waals surface area contributed by atoms with Gasteiger partial charge in [-0.05, 0) is 68.5 Å². The summed E-state index contributed by atoms with van der Waals surface area (Å²) in [5.41, 5.74) is 0.904. The van der Waals surface area contributed by atoms with Gasteiger partial charge in [0.15, 0.2) is 0 Å². The lowest BCUT2D eigenvalue weighted by Crippen LogP contribution is -2.49. The summed E-state index contributed by atoms with van der Waals surface area (Å²) < 4.78 is 0. The molecule has 2 atom stereocenters. The van der Waals surface area contributed by atoms with Gasteiger partial charge in [-0.2, -0.15) is 5.26 Å². The maximum atomic E-state index is 11.9. The van der Waals surface area contributed by atoms with Crippen LogP contribution >= 0.6 is 0 Å². The van der Waals surface area contributed by atoms with Crippen molar-refractivity contribution in [1.82, 2.24) is 16.0 Å². The van der Waals surface area contributed by atoms with E-state index < -0.39 is 29.6 Å². The van der Waals surface area contributed by atoms with Crippen LogP contribution in [-0.2, 0) is 4.79 Å². The minimum atomic E-state index is -1.43. The van der Waals surface area contributed by atoms with Crippen LogP contribution in [0.4, 0.5) is 4.79 Å². The normalized spacial score (nSPS) is 24.3. The smallest absolute Gasteiger partial charge is 0.335 e. The van der Waals surface area contributed by atoms with Gasteiger partial charge in [0.2, 0.25) is 0 Å². The Labute approximate surface area is 204 Å². The zero-order valence-corrected chi connectivity index (χ0v) is 19.7. The zero-order valence-electron chi connectivity index (χ0n) is 19.7. The molecule has 0 spiro atoms. The topological polar surface area (TPSA) is 152 Å². The van der Waals surface area contributed by atoms with Gasteiger partial charge in [-0.15, -0.1) is 0 Å². The number of urea groups is 1. The lowest BCUT2D eigenvalue weighted by Gasteiger charge is -2.27. The number of imide groups is 1. The van der Waals surface area contributed by atoms with E-state index in [-0.39, 0.29) is 5.56 Å². The van der Waals surface area contributed by atoms with Crippen molar-refractivity contribution in [3.05, 3.63) is 59.7 Å². The number of carbonyl (C=O) groups is 3. The molecule has 2 aliphatic rings. The van der Waals surface area contributed by atoms with Gasteiger partial charge < -0.3 is 20.8 Å². The fraction of sp³-hybridized carbons (Fsp3) is 0.385. The number of hydrogen-bond acceptors (Lipinski definition) is 6. The van der Waals surface area contributed by atoms with E-state index in [0.717, 1.165) is 24.0 Å². The molecule has 2 aromatic rings. The molecule has 2 unspecified atom stereocenters. The summed E-state index contributed by atoms with van der Waals surface area (Å²) in [6, 6.07) is 15.6. The van der Waals surface area contributed by atoms with Crippen molar-refractivity contribution in [2.24, 2.45) is 5.92 Å². The molecule has 1 heterocycles. The van der Waals surface area contributed by atoms with E-state index in [4.69, 9.17) is 10.4 Å². The van der Waals surface area contributed by atoms with Gasteiger partial charge in [-0.3, -0.25) is 10.1 Å². The minimum absolute atomic E-state index is 0.201. The van der Waals surface area contributed by atoms with Crippen molar-refractivity contribution in [2.45, 2.75) is 50.3 Å². The van der Waals surface area contributed by atoms with Gasteiger partial charge in [-0.25, -0.2) is 9.59 Å². The van der Waals surface area contributed by atoms with Gasteiger partial charge in [-0.1, -0.05) is 36.4 Å². The fourth-order valence-electron chi connectivity index (χ4n) is 4.26. The third-order valence-electron chi connectivity index (χ3n) is 6.63. The number of benzene rings is 2. The van der Waals surface area contributed by atoms with E-state index in [1.54, 1.807) is 36.4 Å². The number of nitrogens with zero attached hydrogens (tertiary/aromatic N) is 1.